The van der Waals surface area contributed by atoms with Crippen LogP contribution in [0.1, 0.15) is 10.7 Å². The van der Waals surface area contributed by atoms with Crippen LogP contribution in [0.15, 0.2) is 25.8 Å². The van der Waals surface area contributed by atoms with Crippen molar-refractivity contribution in [2.75, 3.05) is 0 Å². The summed E-state index contributed by atoms with van der Waals surface area (Å²) in [5.74, 6) is -1.61. The average molecular weight is 259 g/mol. The van der Waals surface area contributed by atoms with E-state index in [9.17, 15) is 4.79 Å². The van der Waals surface area contributed by atoms with Gasteiger partial charge < -0.3 is 13.9 Å². The summed E-state index contributed by atoms with van der Waals surface area (Å²) < 4.78 is 10.2. The third-order valence-corrected chi connectivity index (χ3v) is 2.07. The molecule has 7 heteroatoms. The maximum Gasteiger partial charge on any atom is 0.393 e. The molecule has 0 aliphatic heterocycles. The van der Waals surface area contributed by atoms with Gasteiger partial charge in [0.2, 0.25) is 0 Å². The van der Waals surface area contributed by atoms with Crippen LogP contribution in [-0.2, 0) is 0 Å². The predicted molar refractivity (Wildman–Crippen MR) is 46.7 cm³/mol. The molecule has 0 aliphatic rings. The Kier molecular flexibility index (Phi) is 2.08. The number of hydrogen-bond acceptors (Lipinski definition) is 5. The first-order valence-corrected chi connectivity index (χ1v) is 4.28. The molecule has 2 rings (SSSR count). The van der Waals surface area contributed by atoms with Crippen molar-refractivity contribution in [3.63, 3.8) is 0 Å². The van der Waals surface area contributed by atoms with Gasteiger partial charge in [-0.2, -0.15) is 0 Å². The Bertz CT molecular complexity index is 475. The first kappa shape index (κ1) is 8.95. The summed E-state index contributed by atoms with van der Waals surface area (Å²) in [4.78, 5) is 10.4. The first-order valence-electron chi connectivity index (χ1n) is 3.48. The van der Waals surface area contributed by atoms with Gasteiger partial charge in [-0.1, -0.05) is 0 Å². The Morgan fingerprint density at radius 2 is 2.29 bits per heavy atom. The quantitative estimate of drug-likeness (QED) is 0.884. The topological polar surface area (TPSA) is 89.4 Å². The Morgan fingerprint density at radius 1 is 1.50 bits per heavy atom. The van der Waals surface area contributed by atoms with E-state index in [4.69, 9.17) is 13.9 Å². The summed E-state index contributed by atoms with van der Waals surface area (Å²) >= 11 is 3.11. The molecule has 2 aromatic heterocycles. The molecule has 1 N–H and O–H groups in total. The Hall–Kier alpha value is -1.63. The molecule has 72 valence electrons. The lowest BCUT2D eigenvalue weighted by Gasteiger charge is -1.86. The zero-order valence-electron chi connectivity index (χ0n) is 6.60. The summed E-state index contributed by atoms with van der Waals surface area (Å²) in [5.41, 5.74) is 0.519. The molecule has 2 heterocycles. The number of halogens is 1. The highest BCUT2D eigenvalue weighted by Gasteiger charge is 2.17. The molecule has 0 saturated heterocycles. The zero-order valence-corrected chi connectivity index (χ0v) is 8.19. The largest absolute Gasteiger partial charge is 0.474 e. The van der Waals surface area contributed by atoms with E-state index >= 15 is 0 Å². The molecule has 0 spiro atoms. The van der Waals surface area contributed by atoms with Gasteiger partial charge in [0, 0.05) is 0 Å². The minimum atomic E-state index is -1.26. The molecule has 14 heavy (non-hydrogen) atoms. The lowest BCUT2D eigenvalue weighted by atomic mass is 10.3. The maximum atomic E-state index is 10.4. The van der Waals surface area contributed by atoms with Crippen LogP contribution < -0.4 is 0 Å². The van der Waals surface area contributed by atoms with Gasteiger partial charge >= 0.3 is 11.9 Å². The van der Waals surface area contributed by atoms with Crippen molar-refractivity contribution < 1.29 is 18.7 Å². The molecule has 0 aliphatic carbocycles. The van der Waals surface area contributed by atoms with Gasteiger partial charge in [0.1, 0.15) is 0 Å². The number of rotatable bonds is 2. The molecule has 0 bridgehead atoms. The van der Waals surface area contributed by atoms with E-state index < -0.39 is 11.9 Å². The van der Waals surface area contributed by atoms with Crippen LogP contribution in [-0.4, -0.2) is 21.3 Å². The molecule has 0 fully saturated rings. The lowest BCUT2D eigenvalue weighted by molar-refractivity contribution is 0.0654. The summed E-state index contributed by atoms with van der Waals surface area (Å²) in [6.45, 7) is 0. The van der Waals surface area contributed by atoms with Crippen LogP contribution in [0, 0.1) is 0 Å². The number of furan rings is 1. The summed E-state index contributed by atoms with van der Waals surface area (Å²) in [6.07, 6.45) is 1.42. The summed E-state index contributed by atoms with van der Waals surface area (Å²) in [7, 11) is 0. The number of hydrogen-bond donors (Lipinski definition) is 1. The molecule has 0 saturated carbocycles. The lowest BCUT2D eigenvalue weighted by Crippen LogP contribution is -1.95. The molecular formula is C7H3BrN2O4. The molecule has 0 atom stereocenters. The van der Waals surface area contributed by atoms with E-state index in [1.807, 2.05) is 0 Å². The highest BCUT2D eigenvalue weighted by atomic mass is 79.9. The monoisotopic (exact) mass is 258 g/mol. The minimum absolute atomic E-state index is 0.100. The number of nitrogens with zero attached hydrogens (tertiary/aromatic N) is 2. The third kappa shape index (κ3) is 1.41. The van der Waals surface area contributed by atoms with Crippen molar-refractivity contribution in [2.24, 2.45) is 0 Å². The van der Waals surface area contributed by atoms with Crippen LogP contribution in [0.25, 0.3) is 11.5 Å². The standard InChI is InChI=1S/C7H3BrN2O4/c8-4-3(1-2-13-4)5-9-10-6(14-5)7(11)12/h1-2H,(H,11,12). The molecule has 2 aromatic rings. The van der Waals surface area contributed by atoms with E-state index in [0.29, 0.717) is 10.2 Å². The van der Waals surface area contributed by atoms with Crippen molar-refractivity contribution >= 4 is 21.9 Å². The van der Waals surface area contributed by atoms with Gasteiger partial charge in [-0.05, 0) is 22.0 Å². The Morgan fingerprint density at radius 3 is 2.79 bits per heavy atom. The van der Waals surface area contributed by atoms with Crippen molar-refractivity contribution in [3.05, 3.63) is 22.9 Å². The van der Waals surface area contributed by atoms with E-state index in [2.05, 4.69) is 26.1 Å². The molecule has 6 nitrogen and oxygen atoms in total. The molecule has 0 radical (unpaired) electrons. The van der Waals surface area contributed by atoms with Gasteiger partial charge in [0.05, 0.1) is 11.8 Å². The second-order valence-electron chi connectivity index (χ2n) is 2.33. The van der Waals surface area contributed by atoms with Gasteiger partial charge in [0.15, 0.2) is 4.67 Å². The van der Waals surface area contributed by atoms with E-state index in [1.165, 1.54) is 6.26 Å². The fourth-order valence-electron chi connectivity index (χ4n) is 0.865. The van der Waals surface area contributed by atoms with Crippen LogP contribution in [0.4, 0.5) is 0 Å². The van der Waals surface area contributed by atoms with Crippen LogP contribution in [0.5, 0.6) is 0 Å². The van der Waals surface area contributed by atoms with Crippen molar-refractivity contribution in [3.8, 4) is 11.5 Å². The fraction of sp³-hybridized carbons (Fsp3) is 0. The third-order valence-electron chi connectivity index (χ3n) is 1.46. The van der Waals surface area contributed by atoms with Crippen LogP contribution >= 0.6 is 15.9 Å². The summed E-state index contributed by atoms with van der Waals surface area (Å²) in [5, 5.41) is 15.4. The second kappa shape index (κ2) is 3.26. The fourth-order valence-corrected chi connectivity index (χ4v) is 1.27. The summed E-state index contributed by atoms with van der Waals surface area (Å²) in [6, 6.07) is 1.59. The van der Waals surface area contributed by atoms with Gasteiger partial charge in [-0.3, -0.25) is 0 Å². The number of aromatic nitrogens is 2. The van der Waals surface area contributed by atoms with Gasteiger partial charge in [-0.25, -0.2) is 4.79 Å². The molecule has 0 amide bonds. The SMILES string of the molecule is O=C(O)c1nnc(-c2ccoc2Br)o1. The van der Waals surface area contributed by atoms with Gasteiger partial charge in [-0.15, -0.1) is 10.2 Å². The number of carboxylic acid groups (broad SMARTS) is 1. The molecular weight excluding hydrogens is 256 g/mol. The van der Waals surface area contributed by atoms with E-state index in [-0.39, 0.29) is 5.89 Å². The van der Waals surface area contributed by atoms with E-state index in [0.717, 1.165) is 0 Å². The normalized spacial score (nSPS) is 10.4. The highest BCUT2D eigenvalue weighted by Crippen LogP contribution is 2.27. The van der Waals surface area contributed by atoms with Crippen LogP contribution in [0.3, 0.4) is 0 Å². The number of carboxylic acids is 1. The minimum Gasteiger partial charge on any atom is -0.474 e. The highest BCUT2D eigenvalue weighted by molar-refractivity contribution is 9.10. The zero-order chi connectivity index (χ0) is 10.1. The van der Waals surface area contributed by atoms with Crippen molar-refractivity contribution in [1.82, 2.24) is 10.2 Å². The van der Waals surface area contributed by atoms with Crippen molar-refractivity contribution in [2.45, 2.75) is 0 Å². The van der Waals surface area contributed by atoms with Crippen LogP contribution in [0.2, 0.25) is 0 Å². The second-order valence-corrected chi connectivity index (χ2v) is 3.05. The molecule has 0 unspecified atom stereocenters. The number of aromatic carboxylic acids is 1. The van der Waals surface area contributed by atoms with E-state index in [1.54, 1.807) is 6.07 Å². The Balaban J connectivity index is 2.43. The predicted octanol–water partition coefficient (Wildman–Crippen LogP) is 1.79. The maximum absolute atomic E-state index is 10.4. The van der Waals surface area contributed by atoms with Crippen molar-refractivity contribution in [1.29, 1.82) is 0 Å². The smallest absolute Gasteiger partial charge is 0.393 e. The molecule has 0 aromatic carbocycles. The average Bonchev–Trinajstić information content (AvgIpc) is 2.71. The van der Waals surface area contributed by atoms with Gasteiger partial charge in [0.25, 0.3) is 5.89 Å². The Labute approximate surface area is 85.7 Å². The first-order chi connectivity index (χ1) is 6.68. The number of carbonyl (C=O) groups is 1.